The van der Waals surface area contributed by atoms with Crippen LogP contribution in [-0.2, 0) is 16.1 Å². The van der Waals surface area contributed by atoms with Gasteiger partial charge in [0.05, 0.1) is 12.2 Å². The van der Waals surface area contributed by atoms with Gasteiger partial charge in [-0.2, -0.15) is 0 Å². The van der Waals surface area contributed by atoms with Crippen molar-refractivity contribution >= 4 is 11.8 Å². The summed E-state index contributed by atoms with van der Waals surface area (Å²) >= 11 is 0. The van der Waals surface area contributed by atoms with Gasteiger partial charge in [0.25, 0.3) is 0 Å². The zero-order chi connectivity index (χ0) is 13.7. The Morgan fingerprint density at radius 2 is 2.00 bits per heavy atom. The molecular weight excluding hydrogens is 244 g/mol. The van der Waals surface area contributed by atoms with Crippen LogP contribution in [0.15, 0.2) is 24.4 Å². The molecule has 0 saturated carbocycles. The van der Waals surface area contributed by atoms with Crippen molar-refractivity contribution in [2.24, 2.45) is 0 Å². The van der Waals surface area contributed by atoms with E-state index in [2.05, 4.69) is 15.2 Å². The molecule has 0 unspecified atom stereocenters. The van der Waals surface area contributed by atoms with Crippen molar-refractivity contribution in [1.29, 1.82) is 0 Å². The fraction of sp³-hybridized carbons (Fsp3) is 0.462. The third kappa shape index (κ3) is 3.75. The lowest BCUT2D eigenvalue weighted by Crippen LogP contribution is -2.51. The molecule has 6 nitrogen and oxygen atoms in total. The van der Waals surface area contributed by atoms with Gasteiger partial charge in [-0.3, -0.25) is 14.6 Å². The number of nitrogens with one attached hydrogen (secondary N) is 1. The molecule has 6 heteroatoms. The number of piperazine rings is 1. The highest BCUT2D eigenvalue weighted by molar-refractivity contribution is 6.34. The van der Waals surface area contributed by atoms with Crippen molar-refractivity contribution in [3.05, 3.63) is 30.1 Å². The van der Waals surface area contributed by atoms with Crippen LogP contribution in [0.4, 0.5) is 0 Å². The highest BCUT2D eigenvalue weighted by Gasteiger charge is 2.24. The van der Waals surface area contributed by atoms with E-state index < -0.39 is 11.8 Å². The van der Waals surface area contributed by atoms with Gasteiger partial charge in [0.1, 0.15) is 0 Å². The van der Waals surface area contributed by atoms with Crippen molar-refractivity contribution < 1.29 is 9.59 Å². The Bertz CT molecular complexity index is 441. The molecule has 1 aliphatic heterocycles. The first-order valence-corrected chi connectivity index (χ1v) is 6.32. The molecule has 1 aromatic heterocycles. The van der Waals surface area contributed by atoms with Gasteiger partial charge >= 0.3 is 11.8 Å². The van der Waals surface area contributed by atoms with Crippen LogP contribution in [0.25, 0.3) is 0 Å². The molecule has 2 rings (SSSR count). The molecule has 2 amide bonds. The molecule has 1 N–H and O–H groups in total. The Labute approximate surface area is 112 Å². The Hall–Kier alpha value is -1.95. The molecule has 0 aromatic carbocycles. The molecule has 2 heterocycles. The van der Waals surface area contributed by atoms with E-state index in [1.165, 1.54) is 0 Å². The molecule has 1 fully saturated rings. The van der Waals surface area contributed by atoms with Gasteiger partial charge in [-0.15, -0.1) is 0 Å². The van der Waals surface area contributed by atoms with Crippen LogP contribution in [0, 0.1) is 0 Å². The van der Waals surface area contributed by atoms with Crippen LogP contribution < -0.4 is 5.32 Å². The van der Waals surface area contributed by atoms with E-state index in [1.807, 2.05) is 13.1 Å². The van der Waals surface area contributed by atoms with Crippen LogP contribution in [0.3, 0.4) is 0 Å². The number of hydrogen-bond donors (Lipinski definition) is 1. The monoisotopic (exact) mass is 262 g/mol. The van der Waals surface area contributed by atoms with Crippen molar-refractivity contribution in [2.75, 3.05) is 33.2 Å². The molecule has 1 saturated heterocycles. The summed E-state index contributed by atoms with van der Waals surface area (Å²) in [4.78, 5) is 31.5. The Kier molecular flexibility index (Phi) is 4.46. The molecule has 102 valence electrons. The zero-order valence-corrected chi connectivity index (χ0v) is 11.0. The minimum atomic E-state index is -0.560. The van der Waals surface area contributed by atoms with Crippen molar-refractivity contribution in [2.45, 2.75) is 6.54 Å². The van der Waals surface area contributed by atoms with Gasteiger partial charge in [-0.25, -0.2) is 0 Å². The molecule has 0 atom stereocenters. The quantitative estimate of drug-likeness (QED) is 0.728. The average molecular weight is 262 g/mol. The lowest BCUT2D eigenvalue weighted by molar-refractivity contribution is -0.146. The topological polar surface area (TPSA) is 65.5 Å². The second-order valence-corrected chi connectivity index (χ2v) is 4.60. The highest BCUT2D eigenvalue weighted by Crippen LogP contribution is 2.00. The molecule has 0 bridgehead atoms. The second-order valence-electron chi connectivity index (χ2n) is 4.60. The average Bonchev–Trinajstić information content (AvgIpc) is 2.46. The summed E-state index contributed by atoms with van der Waals surface area (Å²) in [5, 5.41) is 2.60. The van der Waals surface area contributed by atoms with Gasteiger partial charge in [0.15, 0.2) is 0 Å². The molecule has 0 aliphatic carbocycles. The lowest BCUT2D eigenvalue weighted by Gasteiger charge is -2.31. The first kappa shape index (κ1) is 13.5. The number of carbonyl (C=O) groups is 2. The number of pyridine rings is 1. The van der Waals surface area contributed by atoms with E-state index in [0.717, 1.165) is 18.8 Å². The summed E-state index contributed by atoms with van der Waals surface area (Å²) in [5.74, 6) is -1.01. The fourth-order valence-electron chi connectivity index (χ4n) is 1.90. The number of amides is 2. The number of hydrogen-bond acceptors (Lipinski definition) is 4. The number of rotatable bonds is 2. The normalized spacial score (nSPS) is 16.2. The minimum absolute atomic E-state index is 0.277. The largest absolute Gasteiger partial charge is 0.342 e. The smallest absolute Gasteiger partial charge is 0.311 e. The number of carbonyl (C=O) groups excluding carboxylic acids is 2. The van der Waals surface area contributed by atoms with Crippen molar-refractivity contribution in [3.63, 3.8) is 0 Å². The lowest BCUT2D eigenvalue weighted by atomic mass is 10.3. The van der Waals surface area contributed by atoms with Crippen LogP contribution >= 0.6 is 0 Å². The van der Waals surface area contributed by atoms with Crippen LogP contribution in [0.2, 0.25) is 0 Å². The third-order valence-electron chi connectivity index (χ3n) is 3.14. The van der Waals surface area contributed by atoms with Gasteiger partial charge in [0.2, 0.25) is 0 Å². The first-order chi connectivity index (χ1) is 9.16. The Balaban J connectivity index is 1.81. The summed E-state index contributed by atoms with van der Waals surface area (Å²) in [6.45, 7) is 3.09. The van der Waals surface area contributed by atoms with Crippen molar-refractivity contribution in [1.82, 2.24) is 20.1 Å². The fourth-order valence-corrected chi connectivity index (χ4v) is 1.90. The van der Waals surface area contributed by atoms with Crippen LogP contribution in [0.5, 0.6) is 0 Å². The van der Waals surface area contributed by atoms with E-state index in [4.69, 9.17) is 0 Å². The maximum atomic E-state index is 11.9. The molecule has 1 aliphatic rings. The van der Waals surface area contributed by atoms with Gasteiger partial charge in [-0.1, -0.05) is 6.07 Å². The van der Waals surface area contributed by atoms with E-state index in [1.54, 1.807) is 23.2 Å². The van der Waals surface area contributed by atoms with Gasteiger partial charge in [0, 0.05) is 32.4 Å². The second kappa shape index (κ2) is 6.29. The summed E-state index contributed by atoms with van der Waals surface area (Å²) in [6.07, 6.45) is 1.66. The van der Waals surface area contributed by atoms with Crippen molar-refractivity contribution in [3.8, 4) is 0 Å². The molecular formula is C13H18N4O2. The first-order valence-electron chi connectivity index (χ1n) is 6.32. The predicted octanol–water partition coefficient (Wildman–Crippen LogP) is -0.528. The maximum Gasteiger partial charge on any atom is 0.311 e. The summed E-state index contributed by atoms with van der Waals surface area (Å²) < 4.78 is 0. The zero-order valence-electron chi connectivity index (χ0n) is 11.0. The molecule has 0 spiro atoms. The summed E-state index contributed by atoms with van der Waals surface area (Å²) in [5.41, 5.74) is 0.738. The standard InChI is InChI=1S/C13H18N4O2/c1-16-6-8-17(9-7-16)13(19)12(18)15-10-11-4-2-3-5-14-11/h2-5H,6-10H2,1H3,(H,15,18). The summed E-state index contributed by atoms with van der Waals surface area (Å²) in [7, 11) is 2.00. The molecule has 1 aromatic rings. The minimum Gasteiger partial charge on any atom is -0.342 e. The summed E-state index contributed by atoms with van der Waals surface area (Å²) in [6, 6.07) is 5.46. The van der Waals surface area contributed by atoms with Crippen LogP contribution in [-0.4, -0.2) is 59.8 Å². The highest BCUT2D eigenvalue weighted by atomic mass is 16.2. The third-order valence-corrected chi connectivity index (χ3v) is 3.14. The van der Waals surface area contributed by atoms with Crippen LogP contribution in [0.1, 0.15) is 5.69 Å². The Morgan fingerprint density at radius 1 is 1.26 bits per heavy atom. The molecule has 0 radical (unpaired) electrons. The Morgan fingerprint density at radius 3 is 2.63 bits per heavy atom. The number of likely N-dealkylation sites (N-methyl/N-ethyl adjacent to an activating group) is 1. The van der Waals surface area contributed by atoms with Gasteiger partial charge in [-0.05, 0) is 19.2 Å². The van der Waals surface area contributed by atoms with E-state index in [9.17, 15) is 9.59 Å². The van der Waals surface area contributed by atoms with Gasteiger partial charge < -0.3 is 15.1 Å². The number of aromatic nitrogens is 1. The van der Waals surface area contributed by atoms with E-state index in [0.29, 0.717) is 13.1 Å². The maximum absolute atomic E-state index is 11.9. The number of nitrogens with zero attached hydrogens (tertiary/aromatic N) is 3. The molecule has 19 heavy (non-hydrogen) atoms. The predicted molar refractivity (Wildman–Crippen MR) is 70.2 cm³/mol. The van der Waals surface area contributed by atoms with E-state index >= 15 is 0 Å². The van der Waals surface area contributed by atoms with E-state index in [-0.39, 0.29) is 6.54 Å². The SMILES string of the molecule is CN1CCN(C(=O)C(=O)NCc2ccccn2)CC1.